The molecule has 27 heavy (non-hydrogen) atoms. The summed E-state index contributed by atoms with van der Waals surface area (Å²) in [6.45, 7) is 14.4. The quantitative estimate of drug-likeness (QED) is 0.423. The van der Waals surface area contributed by atoms with Gasteiger partial charge in [-0.1, -0.05) is 12.8 Å². The fraction of sp³-hybridized carbons (Fsp3) is 0.900. The van der Waals surface area contributed by atoms with Crippen LogP contribution in [0, 0.1) is 0 Å². The highest BCUT2D eigenvalue weighted by molar-refractivity contribution is 5.80. The highest BCUT2D eigenvalue weighted by Crippen LogP contribution is 2.11. The van der Waals surface area contributed by atoms with Crippen molar-refractivity contribution >= 4 is 11.9 Å². The van der Waals surface area contributed by atoms with E-state index in [0.29, 0.717) is 12.5 Å². The Hall–Kier alpha value is -1.34. The van der Waals surface area contributed by atoms with Crippen LogP contribution in [0.25, 0.3) is 0 Å². The van der Waals surface area contributed by atoms with Gasteiger partial charge in [-0.15, -0.1) is 0 Å². The molecule has 7 heteroatoms. The standard InChI is InChI=1S/C20H40N6O/c1-20(2,3)23-10-9-22-19(21-4)26-15-13-24(14-16-26)17-18(27)25-11-7-5-6-8-12-25/h23H,5-17H2,1-4H3,(H,21,22). The molecular formula is C20H40N6O. The Labute approximate surface area is 165 Å². The molecule has 2 aliphatic rings. The van der Waals surface area contributed by atoms with Crippen LogP contribution in [0.4, 0.5) is 0 Å². The van der Waals surface area contributed by atoms with Crippen molar-refractivity contribution in [3.8, 4) is 0 Å². The molecule has 2 saturated heterocycles. The Morgan fingerprint density at radius 1 is 0.889 bits per heavy atom. The van der Waals surface area contributed by atoms with Gasteiger partial charge in [0.2, 0.25) is 5.91 Å². The predicted molar refractivity (Wildman–Crippen MR) is 112 cm³/mol. The number of carbonyl (C=O) groups excluding carboxylic acids is 1. The fourth-order valence-electron chi connectivity index (χ4n) is 3.67. The van der Waals surface area contributed by atoms with E-state index in [2.05, 4.69) is 51.1 Å². The van der Waals surface area contributed by atoms with Crippen molar-refractivity contribution in [3.63, 3.8) is 0 Å². The zero-order chi connectivity index (χ0) is 19.7. The molecule has 2 N–H and O–H groups in total. The summed E-state index contributed by atoms with van der Waals surface area (Å²) < 4.78 is 0. The van der Waals surface area contributed by atoms with Gasteiger partial charge in [0, 0.05) is 64.9 Å². The molecule has 0 aromatic carbocycles. The first-order chi connectivity index (χ1) is 12.9. The van der Waals surface area contributed by atoms with Gasteiger partial charge < -0.3 is 20.4 Å². The second-order valence-corrected chi connectivity index (χ2v) is 8.71. The molecule has 2 rings (SSSR count). The minimum absolute atomic E-state index is 0.136. The summed E-state index contributed by atoms with van der Waals surface area (Å²) in [5.41, 5.74) is 0.136. The minimum Gasteiger partial charge on any atom is -0.355 e. The van der Waals surface area contributed by atoms with Crippen LogP contribution in [0.2, 0.25) is 0 Å². The van der Waals surface area contributed by atoms with Crippen LogP contribution in [0.1, 0.15) is 46.5 Å². The van der Waals surface area contributed by atoms with Crippen LogP contribution < -0.4 is 10.6 Å². The smallest absolute Gasteiger partial charge is 0.236 e. The predicted octanol–water partition coefficient (Wildman–Crippen LogP) is 0.970. The van der Waals surface area contributed by atoms with Gasteiger partial charge in [0.05, 0.1) is 6.54 Å². The Morgan fingerprint density at radius 3 is 2.07 bits per heavy atom. The van der Waals surface area contributed by atoms with Gasteiger partial charge in [-0.2, -0.15) is 0 Å². The lowest BCUT2D eigenvalue weighted by atomic mass is 10.1. The third-order valence-corrected chi connectivity index (χ3v) is 5.26. The number of nitrogens with zero attached hydrogens (tertiary/aromatic N) is 4. The summed E-state index contributed by atoms with van der Waals surface area (Å²) >= 11 is 0. The van der Waals surface area contributed by atoms with E-state index in [-0.39, 0.29) is 5.54 Å². The van der Waals surface area contributed by atoms with E-state index < -0.39 is 0 Å². The number of aliphatic imine (C=N–C) groups is 1. The van der Waals surface area contributed by atoms with Crippen LogP contribution in [-0.4, -0.2) is 98.1 Å². The zero-order valence-electron chi connectivity index (χ0n) is 17.9. The van der Waals surface area contributed by atoms with Crippen LogP contribution in [0.5, 0.6) is 0 Å². The number of amides is 1. The molecule has 0 aromatic heterocycles. The van der Waals surface area contributed by atoms with Gasteiger partial charge in [-0.25, -0.2) is 0 Å². The molecule has 2 aliphatic heterocycles. The fourth-order valence-corrected chi connectivity index (χ4v) is 3.67. The van der Waals surface area contributed by atoms with E-state index in [4.69, 9.17) is 0 Å². The Morgan fingerprint density at radius 2 is 1.52 bits per heavy atom. The maximum atomic E-state index is 12.6. The summed E-state index contributed by atoms with van der Waals surface area (Å²) in [6, 6.07) is 0. The highest BCUT2D eigenvalue weighted by Gasteiger charge is 2.23. The van der Waals surface area contributed by atoms with Crippen molar-refractivity contribution < 1.29 is 4.79 Å². The topological polar surface area (TPSA) is 63.2 Å². The van der Waals surface area contributed by atoms with E-state index in [0.717, 1.165) is 71.2 Å². The Balaban J connectivity index is 1.69. The lowest BCUT2D eigenvalue weighted by Gasteiger charge is -2.37. The lowest BCUT2D eigenvalue weighted by molar-refractivity contribution is -0.132. The molecular weight excluding hydrogens is 340 g/mol. The van der Waals surface area contributed by atoms with Gasteiger partial charge in [0.15, 0.2) is 5.96 Å². The Kier molecular flexibility index (Phi) is 8.83. The molecule has 0 spiro atoms. The number of hydrogen-bond acceptors (Lipinski definition) is 4. The van der Waals surface area contributed by atoms with Crippen molar-refractivity contribution in [2.45, 2.75) is 52.0 Å². The number of nitrogens with one attached hydrogen (secondary N) is 2. The Bertz CT molecular complexity index is 471. The van der Waals surface area contributed by atoms with Crippen LogP contribution in [0.3, 0.4) is 0 Å². The molecule has 2 heterocycles. The van der Waals surface area contributed by atoms with Crippen LogP contribution in [-0.2, 0) is 4.79 Å². The number of likely N-dealkylation sites (tertiary alicyclic amines) is 1. The maximum Gasteiger partial charge on any atom is 0.236 e. The molecule has 2 fully saturated rings. The van der Waals surface area contributed by atoms with Gasteiger partial charge in [-0.3, -0.25) is 14.7 Å². The largest absolute Gasteiger partial charge is 0.355 e. The van der Waals surface area contributed by atoms with Crippen molar-refractivity contribution in [1.82, 2.24) is 25.3 Å². The van der Waals surface area contributed by atoms with Crippen molar-refractivity contribution in [2.24, 2.45) is 4.99 Å². The van der Waals surface area contributed by atoms with E-state index >= 15 is 0 Å². The number of hydrogen-bond donors (Lipinski definition) is 2. The SMILES string of the molecule is CN=C(NCCNC(C)(C)C)N1CCN(CC(=O)N2CCCCCC2)CC1. The van der Waals surface area contributed by atoms with Crippen molar-refractivity contribution in [1.29, 1.82) is 0 Å². The van der Waals surface area contributed by atoms with E-state index in [1.165, 1.54) is 12.8 Å². The van der Waals surface area contributed by atoms with Crippen molar-refractivity contribution in [2.75, 3.05) is 66.0 Å². The summed E-state index contributed by atoms with van der Waals surface area (Å²) in [4.78, 5) is 23.7. The van der Waals surface area contributed by atoms with Gasteiger partial charge in [0.1, 0.15) is 0 Å². The van der Waals surface area contributed by atoms with Gasteiger partial charge in [-0.05, 0) is 33.6 Å². The molecule has 0 radical (unpaired) electrons. The number of carbonyl (C=O) groups is 1. The molecule has 0 saturated carbocycles. The van der Waals surface area contributed by atoms with Gasteiger partial charge >= 0.3 is 0 Å². The average Bonchev–Trinajstić information content (AvgIpc) is 2.91. The van der Waals surface area contributed by atoms with Crippen LogP contribution in [0.15, 0.2) is 4.99 Å². The second-order valence-electron chi connectivity index (χ2n) is 8.71. The molecule has 7 nitrogen and oxygen atoms in total. The normalized spacial score (nSPS) is 20.5. The molecule has 1 amide bonds. The maximum absolute atomic E-state index is 12.6. The van der Waals surface area contributed by atoms with E-state index in [9.17, 15) is 4.79 Å². The molecule has 0 aromatic rings. The molecule has 156 valence electrons. The van der Waals surface area contributed by atoms with Crippen molar-refractivity contribution in [3.05, 3.63) is 0 Å². The molecule has 0 unspecified atom stereocenters. The zero-order valence-corrected chi connectivity index (χ0v) is 17.9. The summed E-state index contributed by atoms with van der Waals surface area (Å²) in [7, 11) is 1.84. The second kappa shape index (κ2) is 10.9. The summed E-state index contributed by atoms with van der Waals surface area (Å²) in [6.07, 6.45) is 4.84. The third kappa shape index (κ3) is 8.05. The molecule has 0 aliphatic carbocycles. The summed E-state index contributed by atoms with van der Waals surface area (Å²) in [5, 5.41) is 6.93. The molecule has 0 atom stereocenters. The number of guanidine groups is 1. The lowest BCUT2D eigenvalue weighted by Crippen LogP contribution is -2.55. The third-order valence-electron chi connectivity index (χ3n) is 5.26. The van der Waals surface area contributed by atoms with E-state index in [1.54, 1.807) is 0 Å². The summed E-state index contributed by atoms with van der Waals surface area (Å²) in [5.74, 6) is 1.27. The first-order valence-electron chi connectivity index (χ1n) is 10.6. The van der Waals surface area contributed by atoms with E-state index in [1.807, 2.05) is 7.05 Å². The number of rotatable bonds is 5. The average molecular weight is 381 g/mol. The molecule has 0 bridgehead atoms. The van der Waals surface area contributed by atoms with Gasteiger partial charge in [0.25, 0.3) is 0 Å². The minimum atomic E-state index is 0.136. The monoisotopic (exact) mass is 380 g/mol. The number of piperazine rings is 1. The first-order valence-corrected chi connectivity index (χ1v) is 10.6. The van der Waals surface area contributed by atoms with Crippen LogP contribution >= 0.6 is 0 Å². The highest BCUT2D eigenvalue weighted by atomic mass is 16.2. The first kappa shape index (κ1) is 22.0.